The summed E-state index contributed by atoms with van der Waals surface area (Å²) in [5, 5.41) is 0. The first-order valence-corrected chi connectivity index (χ1v) is 23.2. The third-order valence-corrected chi connectivity index (χ3v) is 15.2. The van der Waals surface area contributed by atoms with E-state index < -0.39 is 21.3 Å². The third-order valence-electron chi connectivity index (χ3n) is 11.7. The first-order valence-electron chi connectivity index (χ1n) is 20.4. The Morgan fingerprint density at radius 2 is 1.08 bits per heavy atom. The van der Waals surface area contributed by atoms with Crippen LogP contribution in [0.2, 0.25) is 0 Å². The van der Waals surface area contributed by atoms with Crippen molar-refractivity contribution in [1.82, 2.24) is 0 Å². The summed E-state index contributed by atoms with van der Waals surface area (Å²) in [4.78, 5) is 16.6. The monoisotopic (exact) mass is 746 g/mol. The highest BCUT2D eigenvalue weighted by atomic mass is 32.2. The number of fused-ring (bicyclic) bond motifs is 2. The Kier molecular flexibility index (Phi) is 15.3. The minimum absolute atomic E-state index is 0.0248. The number of hydrogen-bond donors (Lipinski definition) is 0. The molecule has 2 aliphatic rings. The lowest BCUT2D eigenvalue weighted by atomic mass is 9.70. The van der Waals surface area contributed by atoms with Gasteiger partial charge in [0, 0.05) is 34.1 Å². The standard InChI is InChI=1S/C36H51S.C10H16O4S/c1-7-16-28-24-30(18-9-3)35(31(25-28)19-10-4)37(34-22-14-13-15-23-34)36-32(20-11-5)26-29(17-8-2)27-33(36)21-12-6;1-9(2)7-3-4-10(9,8(11)5-7)6-15(12,13)14/h13-15,22-27H,7-12,16-21H2,1-6H3;7H,3-6H2,1-2H3,(H,12,13,14)/q+1;/p-1. The molecule has 5 rings (SSSR count). The van der Waals surface area contributed by atoms with Crippen molar-refractivity contribution in [2.24, 2.45) is 16.7 Å². The quantitative estimate of drug-likeness (QED) is 0.102. The van der Waals surface area contributed by atoms with E-state index in [4.69, 9.17) is 0 Å². The number of hydrogen-bond acceptors (Lipinski definition) is 4. The molecule has 0 amide bonds. The fourth-order valence-corrected chi connectivity index (χ4v) is 13.2. The van der Waals surface area contributed by atoms with Gasteiger partial charge in [-0.1, -0.05) is 136 Å². The molecule has 0 spiro atoms. The van der Waals surface area contributed by atoms with Gasteiger partial charge >= 0.3 is 0 Å². The van der Waals surface area contributed by atoms with Crippen molar-refractivity contribution in [3.63, 3.8) is 0 Å². The number of benzene rings is 3. The minimum atomic E-state index is -4.33. The van der Waals surface area contributed by atoms with Crippen LogP contribution in [0, 0.1) is 16.7 Å². The Morgan fingerprint density at radius 1 is 0.673 bits per heavy atom. The van der Waals surface area contributed by atoms with Crippen molar-refractivity contribution in [3.05, 3.63) is 88.0 Å². The topological polar surface area (TPSA) is 74.3 Å². The summed E-state index contributed by atoms with van der Waals surface area (Å²) in [6.45, 7) is 17.9. The van der Waals surface area contributed by atoms with Crippen molar-refractivity contribution >= 4 is 26.8 Å². The molecule has 286 valence electrons. The second-order valence-corrected chi connectivity index (χ2v) is 19.3. The summed E-state index contributed by atoms with van der Waals surface area (Å²) in [6, 6.07) is 21.8. The van der Waals surface area contributed by atoms with Crippen molar-refractivity contribution in [1.29, 1.82) is 0 Å². The molecule has 0 aliphatic heterocycles. The van der Waals surface area contributed by atoms with Gasteiger partial charge in [-0.2, -0.15) is 0 Å². The van der Waals surface area contributed by atoms with Gasteiger partial charge in [0.15, 0.2) is 14.7 Å². The molecule has 4 nitrogen and oxygen atoms in total. The summed E-state index contributed by atoms with van der Waals surface area (Å²) in [7, 11) is -4.42. The molecule has 0 saturated heterocycles. The summed E-state index contributed by atoms with van der Waals surface area (Å²) in [5.74, 6) is -0.280. The number of ketones is 1. The summed E-state index contributed by atoms with van der Waals surface area (Å²) in [5.41, 5.74) is 8.27. The Labute approximate surface area is 320 Å². The molecule has 2 atom stereocenters. The van der Waals surface area contributed by atoms with Crippen LogP contribution in [-0.4, -0.2) is 24.5 Å². The van der Waals surface area contributed by atoms with Crippen LogP contribution < -0.4 is 0 Å². The molecule has 3 aromatic carbocycles. The number of carbonyl (C=O) groups is 1. The van der Waals surface area contributed by atoms with Crippen LogP contribution in [0.4, 0.5) is 0 Å². The smallest absolute Gasteiger partial charge is 0.172 e. The van der Waals surface area contributed by atoms with E-state index in [2.05, 4.69) is 96.1 Å². The number of aryl methyl sites for hydroxylation is 6. The average Bonchev–Trinajstić information content (AvgIpc) is 3.42. The Bertz CT molecular complexity index is 1620. The first-order chi connectivity index (χ1) is 24.8. The van der Waals surface area contributed by atoms with Crippen molar-refractivity contribution in [2.75, 3.05) is 5.75 Å². The maximum atomic E-state index is 11.8. The van der Waals surface area contributed by atoms with Gasteiger partial charge in [0.05, 0.1) is 15.9 Å². The summed E-state index contributed by atoms with van der Waals surface area (Å²) >= 11 is 0. The molecule has 3 aromatic rings. The SMILES string of the molecule is CC1(C)C2CCC1(CS(=O)(=O)[O-])C(=O)C2.CCCc1cc(CCC)c([S+](c2ccccc2)c2c(CCC)cc(CCC)cc2CCC)c(CCC)c1. The van der Waals surface area contributed by atoms with Gasteiger partial charge in [-0.15, -0.1) is 0 Å². The largest absolute Gasteiger partial charge is 0.748 e. The van der Waals surface area contributed by atoms with Gasteiger partial charge in [0.2, 0.25) is 0 Å². The molecule has 2 fully saturated rings. The van der Waals surface area contributed by atoms with Gasteiger partial charge in [0.1, 0.15) is 16.7 Å². The van der Waals surface area contributed by atoms with Crippen LogP contribution in [-0.2, 0) is 64.3 Å². The van der Waals surface area contributed by atoms with E-state index in [0.29, 0.717) is 12.8 Å². The van der Waals surface area contributed by atoms with Gasteiger partial charge in [0.25, 0.3) is 0 Å². The highest BCUT2D eigenvalue weighted by molar-refractivity contribution is 7.97. The fraction of sp³-hybridized carbons (Fsp3) is 0.587. The lowest BCUT2D eigenvalue weighted by Crippen LogP contribution is -2.42. The Balaban J connectivity index is 0.000000334. The van der Waals surface area contributed by atoms with Crippen LogP contribution in [0.1, 0.15) is 147 Å². The van der Waals surface area contributed by atoms with Gasteiger partial charge in [-0.25, -0.2) is 8.42 Å². The first kappa shape index (κ1) is 42.3. The van der Waals surface area contributed by atoms with Gasteiger partial charge in [-0.3, -0.25) is 4.79 Å². The van der Waals surface area contributed by atoms with E-state index in [0.717, 1.165) is 6.42 Å². The molecule has 0 heterocycles. The van der Waals surface area contributed by atoms with Crippen molar-refractivity contribution in [3.8, 4) is 0 Å². The van der Waals surface area contributed by atoms with Gasteiger partial charge < -0.3 is 4.55 Å². The minimum Gasteiger partial charge on any atom is -0.748 e. The van der Waals surface area contributed by atoms with Gasteiger partial charge in [-0.05, 0) is 86.0 Å². The highest BCUT2D eigenvalue weighted by Gasteiger charge is 2.64. The number of rotatable bonds is 17. The average molecular weight is 747 g/mol. The van der Waals surface area contributed by atoms with Crippen molar-refractivity contribution in [2.45, 2.75) is 166 Å². The summed E-state index contributed by atoms with van der Waals surface area (Å²) < 4.78 is 32.7. The van der Waals surface area contributed by atoms with Crippen molar-refractivity contribution < 1.29 is 17.8 Å². The van der Waals surface area contributed by atoms with Crippen LogP contribution in [0.25, 0.3) is 0 Å². The molecular weight excluding hydrogens is 681 g/mol. The van der Waals surface area contributed by atoms with E-state index in [1.807, 2.05) is 13.8 Å². The normalized spacial score (nSPS) is 19.3. The lowest BCUT2D eigenvalue weighted by Gasteiger charge is -2.37. The van der Waals surface area contributed by atoms with Crippen LogP contribution in [0.15, 0.2) is 69.3 Å². The second kappa shape index (κ2) is 18.8. The maximum absolute atomic E-state index is 11.8. The lowest BCUT2D eigenvalue weighted by molar-refractivity contribution is -0.128. The molecule has 2 aliphatic carbocycles. The molecule has 2 unspecified atom stereocenters. The zero-order chi connectivity index (χ0) is 38.1. The maximum Gasteiger partial charge on any atom is 0.172 e. The molecule has 6 heteroatoms. The predicted molar refractivity (Wildman–Crippen MR) is 219 cm³/mol. The molecule has 0 aromatic heterocycles. The molecule has 0 N–H and O–H groups in total. The van der Waals surface area contributed by atoms with E-state index in [1.165, 1.54) is 93.1 Å². The summed E-state index contributed by atoms with van der Waals surface area (Å²) in [6.07, 6.45) is 16.1. The zero-order valence-corrected chi connectivity index (χ0v) is 35.2. The highest BCUT2D eigenvalue weighted by Crippen LogP contribution is 2.64. The van der Waals surface area contributed by atoms with E-state index in [1.54, 1.807) is 32.0 Å². The Hall–Kier alpha value is -2.41. The zero-order valence-electron chi connectivity index (χ0n) is 33.5. The molecular formula is C46H66O4S2. The molecule has 0 radical (unpaired) electrons. The van der Waals surface area contributed by atoms with Crippen LogP contribution in [0.3, 0.4) is 0 Å². The predicted octanol–water partition coefficient (Wildman–Crippen LogP) is 11.4. The van der Waals surface area contributed by atoms with Crippen LogP contribution >= 0.6 is 0 Å². The third kappa shape index (κ3) is 9.44. The van der Waals surface area contributed by atoms with E-state index >= 15 is 0 Å². The Morgan fingerprint density at radius 3 is 1.38 bits per heavy atom. The van der Waals surface area contributed by atoms with Crippen LogP contribution in [0.5, 0.6) is 0 Å². The molecule has 2 bridgehead atoms. The van der Waals surface area contributed by atoms with E-state index in [9.17, 15) is 17.8 Å². The fourth-order valence-electron chi connectivity index (χ4n) is 9.17. The van der Waals surface area contributed by atoms with E-state index in [-0.39, 0.29) is 28.0 Å². The number of Topliss-reactive ketones (excluding diaryl/α,β-unsaturated/α-hetero) is 1. The molecule has 2 saturated carbocycles. The molecule has 52 heavy (non-hydrogen) atoms. The second-order valence-electron chi connectivity index (χ2n) is 16.0. The number of carbonyl (C=O) groups excluding carboxylic acids is 1.